The maximum Gasteiger partial charge on any atom is 0.253 e. The van der Waals surface area contributed by atoms with Crippen LogP contribution in [0, 0.1) is 0 Å². The van der Waals surface area contributed by atoms with Gasteiger partial charge in [0.05, 0.1) is 13.0 Å². The molecule has 0 bridgehead atoms. The monoisotopic (exact) mass is 441 g/mol. The average molecular weight is 442 g/mol. The number of piperidine rings is 1. The van der Waals surface area contributed by atoms with Gasteiger partial charge in [-0.3, -0.25) is 4.79 Å². The minimum absolute atomic E-state index is 0.0343. The molecule has 2 heterocycles. The number of ether oxygens (including phenoxy) is 1. The van der Waals surface area contributed by atoms with Gasteiger partial charge in [0.1, 0.15) is 5.75 Å². The number of carbonyl (C=O) groups excluding carboxylic acids is 1. The molecule has 4 rings (SSSR count). The van der Waals surface area contributed by atoms with E-state index in [-0.39, 0.29) is 11.8 Å². The van der Waals surface area contributed by atoms with Crippen LogP contribution in [-0.4, -0.2) is 41.1 Å². The van der Waals surface area contributed by atoms with Crippen LogP contribution < -0.4 is 4.74 Å². The molecule has 0 saturated carbocycles. The van der Waals surface area contributed by atoms with Gasteiger partial charge in [0, 0.05) is 28.7 Å². The maximum atomic E-state index is 12.8. The summed E-state index contributed by atoms with van der Waals surface area (Å²) < 4.78 is 11.7. The summed E-state index contributed by atoms with van der Waals surface area (Å²) >= 11 is 3.40. The van der Waals surface area contributed by atoms with Gasteiger partial charge in [-0.1, -0.05) is 21.1 Å². The Bertz CT molecular complexity index is 954. The summed E-state index contributed by atoms with van der Waals surface area (Å²) in [6, 6.07) is 15.0. The topological polar surface area (TPSA) is 68.5 Å². The molecule has 1 amide bonds. The highest BCUT2D eigenvalue weighted by molar-refractivity contribution is 9.10. The zero-order valence-corrected chi connectivity index (χ0v) is 17.1. The van der Waals surface area contributed by atoms with E-state index in [4.69, 9.17) is 9.26 Å². The second kappa shape index (κ2) is 8.14. The lowest BCUT2D eigenvalue weighted by molar-refractivity contribution is 0.0695. The van der Waals surface area contributed by atoms with E-state index in [0.29, 0.717) is 23.8 Å². The lowest BCUT2D eigenvalue weighted by Crippen LogP contribution is -2.39. The Labute approximate surface area is 171 Å². The summed E-state index contributed by atoms with van der Waals surface area (Å²) in [7, 11) is 1.63. The van der Waals surface area contributed by atoms with Crippen LogP contribution in [0.15, 0.2) is 57.5 Å². The Kier molecular flexibility index (Phi) is 5.43. The minimum atomic E-state index is 0.0343. The van der Waals surface area contributed by atoms with Gasteiger partial charge in [0.15, 0.2) is 0 Å². The van der Waals surface area contributed by atoms with E-state index in [1.54, 1.807) is 7.11 Å². The highest BCUT2D eigenvalue weighted by atomic mass is 79.9. The van der Waals surface area contributed by atoms with Crippen LogP contribution in [0.3, 0.4) is 0 Å². The first-order valence-corrected chi connectivity index (χ1v) is 9.96. The molecule has 1 aliphatic heterocycles. The summed E-state index contributed by atoms with van der Waals surface area (Å²) in [5.41, 5.74) is 1.56. The molecule has 0 unspecified atom stereocenters. The average Bonchev–Trinajstić information content (AvgIpc) is 3.24. The number of methoxy groups -OCH3 is 1. The maximum absolute atomic E-state index is 12.8. The number of hydrogen-bond donors (Lipinski definition) is 0. The van der Waals surface area contributed by atoms with Gasteiger partial charge in [-0.25, -0.2) is 0 Å². The molecule has 0 N–H and O–H groups in total. The molecule has 3 aromatic rings. The molecule has 1 atom stereocenters. The summed E-state index contributed by atoms with van der Waals surface area (Å²) in [5, 5.41) is 4.12. The van der Waals surface area contributed by atoms with E-state index in [0.717, 1.165) is 35.2 Å². The predicted molar refractivity (Wildman–Crippen MR) is 108 cm³/mol. The normalized spacial score (nSPS) is 16.8. The van der Waals surface area contributed by atoms with Crippen LogP contribution in [0.4, 0.5) is 0 Å². The number of halogens is 1. The SMILES string of the molecule is COc1ccc(-c2noc([C@H]3CCCN(C(=O)c4ccc(Br)cc4)C3)n2)cc1. The molecule has 2 aromatic carbocycles. The van der Waals surface area contributed by atoms with Gasteiger partial charge in [0.2, 0.25) is 11.7 Å². The highest BCUT2D eigenvalue weighted by Gasteiger charge is 2.29. The smallest absolute Gasteiger partial charge is 0.253 e. The third kappa shape index (κ3) is 3.94. The summed E-state index contributed by atoms with van der Waals surface area (Å²) in [6.45, 7) is 1.32. The lowest BCUT2D eigenvalue weighted by atomic mass is 9.97. The second-order valence-corrected chi connectivity index (χ2v) is 7.70. The summed E-state index contributed by atoms with van der Waals surface area (Å²) in [6.07, 6.45) is 1.83. The van der Waals surface area contributed by atoms with Crippen molar-refractivity contribution in [1.82, 2.24) is 15.0 Å². The quantitative estimate of drug-likeness (QED) is 0.594. The summed E-state index contributed by atoms with van der Waals surface area (Å²) in [5.74, 6) is 2.00. The number of nitrogens with zero attached hydrogens (tertiary/aromatic N) is 3. The number of rotatable bonds is 4. The summed E-state index contributed by atoms with van der Waals surface area (Å²) in [4.78, 5) is 19.3. The molecule has 0 radical (unpaired) electrons. The largest absolute Gasteiger partial charge is 0.497 e. The Morgan fingerprint density at radius 3 is 2.64 bits per heavy atom. The molecule has 28 heavy (non-hydrogen) atoms. The fourth-order valence-corrected chi connectivity index (χ4v) is 3.66. The molecule has 7 heteroatoms. The zero-order chi connectivity index (χ0) is 19.5. The molecule has 6 nitrogen and oxygen atoms in total. The zero-order valence-electron chi connectivity index (χ0n) is 15.5. The van der Waals surface area contributed by atoms with Crippen molar-refractivity contribution < 1.29 is 14.1 Å². The number of hydrogen-bond acceptors (Lipinski definition) is 5. The molecule has 0 spiro atoms. The molecule has 1 fully saturated rings. The number of aromatic nitrogens is 2. The van der Waals surface area contributed by atoms with Crippen molar-refractivity contribution in [2.45, 2.75) is 18.8 Å². The Morgan fingerprint density at radius 1 is 1.18 bits per heavy atom. The van der Waals surface area contributed by atoms with Crippen molar-refractivity contribution in [1.29, 1.82) is 0 Å². The molecule has 1 saturated heterocycles. The Balaban J connectivity index is 1.48. The fourth-order valence-electron chi connectivity index (χ4n) is 3.40. The molecular formula is C21H20BrN3O3. The molecular weight excluding hydrogens is 422 g/mol. The van der Waals surface area contributed by atoms with E-state index < -0.39 is 0 Å². The van der Waals surface area contributed by atoms with E-state index in [2.05, 4.69) is 26.1 Å². The Morgan fingerprint density at radius 2 is 1.93 bits per heavy atom. The van der Waals surface area contributed by atoms with Crippen molar-refractivity contribution in [2.24, 2.45) is 0 Å². The van der Waals surface area contributed by atoms with Crippen molar-refractivity contribution in [3.63, 3.8) is 0 Å². The Hall–Kier alpha value is -2.67. The minimum Gasteiger partial charge on any atom is -0.497 e. The van der Waals surface area contributed by atoms with Gasteiger partial charge < -0.3 is 14.2 Å². The fraction of sp³-hybridized carbons (Fsp3) is 0.286. The predicted octanol–water partition coefficient (Wildman–Crippen LogP) is 4.53. The van der Waals surface area contributed by atoms with Gasteiger partial charge in [-0.2, -0.15) is 4.98 Å². The van der Waals surface area contributed by atoms with Crippen molar-refractivity contribution in [3.8, 4) is 17.1 Å². The van der Waals surface area contributed by atoms with E-state index in [1.807, 2.05) is 53.4 Å². The van der Waals surface area contributed by atoms with Gasteiger partial charge >= 0.3 is 0 Å². The molecule has 1 aromatic heterocycles. The van der Waals surface area contributed by atoms with Crippen LogP contribution in [0.2, 0.25) is 0 Å². The number of benzene rings is 2. The van der Waals surface area contributed by atoms with E-state index >= 15 is 0 Å². The second-order valence-electron chi connectivity index (χ2n) is 6.78. The van der Waals surface area contributed by atoms with Crippen molar-refractivity contribution in [3.05, 3.63) is 64.5 Å². The van der Waals surface area contributed by atoms with Crippen molar-refractivity contribution >= 4 is 21.8 Å². The molecule has 144 valence electrons. The number of likely N-dealkylation sites (tertiary alicyclic amines) is 1. The standard InChI is InChI=1S/C21H20BrN3O3/c1-27-18-10-6-14(7-11-18)19-23-20(28-24-19)16-3-2-12-25(13-16)21(26)15-4-8-17(22)9-5-15/h4-11,16H,2-3,12-13H2,1H3/t16-/m0/s1. The highest BCUT2D eigenvalue weighted by Crippen LogP contribution is 2.29. The third-order valence-corrected chi connectivity index (χ3v) is 5.47. The van der Waals surface area contributed by atoms with Gasteiger partial charge in [-0.05, 0) is 61.4 Å². The first-order valence-electron chi connectivity index (χ1n) is 9.17. The van der Waals surface area contributed by atoms with Crippen LogP contribution in [0.5, 0.6) is 5.75 Å². The van der Waals surface area contributed by atoms with Gasteiger partial charge in [0.25, 0.3) is 5.91 Å². The number of amides is 1. The first kappa shape index (κ1) is 18.7. The van der Waals surface area contributed by atoms with Crippen molar-refractivity contribution in [2.75, 3.05) is 20.2 Å². The van der Waals surface area contributed by atoms with Crippen LogP contribution in [-0.2, 0) is 0 Å². The lowest BCUT2D eigenvalue weighted by Gasteiger charge is -2.31. The number of carbonyl (C=O) groups is 1. The molecule has 1 aliphatic rings. The van der Waals surface area contributed by atoms with Gasteiger partial charge in [-0.15, -0.1) is 0 Å². The van der Waals surface area contributed by atoms with Crippen LogP contribution in [0.25, 0.3) is 11.4 Å². The van der Waals surface area contributed by atoms with Crippen LogP contribution >= 0.6 is 15.9 Å². The molecule has 0 aliphatic carbocycles. The van der Waals surface area contributed by atoms with E-state index in [1.165, 1.54) is 0 Å². The van der Waals surface area contributed by atoms with Crippen LogP contribution in [0.1, 0.15) is 35.0 Å². The third-order valence-electron chi connectivity index (χ3n) is 4.94. The first-order chi connectivity index (χ1) is 13.6. The van der Waals surface area contributed by atoms with E-state index in [9.17, 15) is 4.79 Å².